The van der Waals surface area contributed by atoms with Gasteiger partial charge in [-0.25, -0.2) is 19.9 Å². The van der Waals surface area contributed by atoms with E-state index in [0.717, 1.165) is 60.9 Å². The topological polar surface area (TPSA) is 51.6 Å². The molecule has 0 spiro atoms. The normalized spacial score (nSPS) is 11.6. The summed E-state index contributed by atoms with van der Waals surface area (Å²) in [6, 6.07) is 54.9. The predicted molar refractivity (Wildman–Crippen MR) is 211 cm³/mol. The second-order valence-electron chi connectivity index (χ2n) is 12.3. The largest absolute Gasteiger partial charge is 0.228 e. The average molecular weight is 675 g/mol. The molecule has 0 fully saturated rings. The van der Waals surface area contributed by atoms with E-state index in [4.69, 9.17) is 19.9 Å². The molecule has 0 amide bonds. The van der Waals surface area contributed by atoms with Gasteiger partial charge in [0.15, 0.2) is 11.6 Å². The van der Waals surface area contributed by atoms with Gasteiger partial charge in [-0.05, 0) is 30.3 Å². The Morgan fingerprint density at radius 3 is 1.74 bits per heavy atom. The number of hydrogen-bond acceptors (Lipinski definition) is 6. The molecule has 0 aliphatic heterocycles. The van der Waals surface area contributed by atoms with Crippen LogP contribution in [-0.4, -0.2) is 19.9 Å². The maximum Gasteiger partial charge on any atom is 0.160 e. The molecule has 50 heavy (non-hydrogen) atoms. The van der Waals surface area contributed by atoms with Gasteiger partial charge >= 0.3 is 0 Å². The zero-order valence-corrected chi connectivity index (χ0v) is 28.2. The lowest BCUT2D eigenvalue weighted by atomic mass is 10.0. The third kappa shape index (κ3) is 4.96. The summed E-state index contributed by atoms with van der Waals surface area (Å²) in [7, 11) is 0. The summed E-state index contributed by atoms with van der Waals surface area (Å²) < 4.78 is 4.77. The van der Waals surface area contributed by atoms with Crippen molar-refractivity contribution >= 4 is 63.1 Å². The van der Waals surface area contributed by atoms with Gasteiger partial charge in [0.05, 0.1) is 27.3 Å². The Bertz CT molecular complexity index is 2800. The molecule has 0 unspecified atom stereocenters. The van der Waals surface area contributed by atoms with Crippen molar-refractivity contribution in [3.8, 4) is 56.5 Å². The van der Waals surface area contributed by atoms with E-state index < -0.39 is 0 Å². The minimum absolute atomic E-state index is 0.715. The first-order valence-corrected chi connectivity index (χ1v) is 18.1. The molecule has 0 aliphatic carbocycles. The summed E-state index contributed by atoms with van der Waals surface area (Å²) in [5.74, 6) is 1.45. The third-order valence-corrected chi connectivity index (χ3v) is 11.4. The Balaban J connectivity index is 1.11. The average Bonchev–Trinajstić information content (AvgIpc) is 3.76. The Labute approximate surface area is 296 Å². The first-order valence-electron chi connectivity index (χ1n) is 16.5. The molecular formula is C44H26N4S2. The maximum absolute atomic E-state index is 5.21. The van der Waals surface area contributed by atoms with E-state index >= 15 is 0 Å². The van der Waals surface area contributed by atoms with Gasteiger partial charge in [0.1, 0.15) is 0 Å². The first-order chi connectivity index (χ1) is 24.7. The molecule has 10 aromatic rings. The number of rotatable bonds is 5. The second-order valence-corrected chi connectivity index (χ2v) is 14.4. The Morgan fingerprint density at radius 1 is 0.340 bits per heavy atom. The molecule has 4 nitrogen and oxygen atoms in total. The molecule has 0 atom stereocenters. The van der Waals surface area contributed by atoms with E-state index in [1.165, 1.54) is 30.3 Å². The zero-order valence-electron chi connectivity index (χ0n) is 26.6. The van der Waals surface area contributed by atoms with E-state index in [9.17, 15) is 0 Å². The summed E-state index contributed by atoms with van der Waals surface area (Å²) in [6.07, 6.45) is 0. The van der Waals surface area contributed by atoms with Crippen LogP contribution in [0, 0.1) is 0 Å². The van der Waals surface area contributed by atoms with Crippen molar-refractivity contribution in [3.63, 3.8) is 0 Å². The minimum Gasteiger partial charge on any atom is -0.228 e. The molecule has 234 valence electrons. The van der Waals surface area contributed by atoms with Gasteiger partial charge < -0.3 is 0 Å². The lowest BCUT2D eigenvalue weighted by Gasteiger charge is -2.09. The summed E-state index contributed by atoms with van der Waals surface area (Å²) in [6.45, 7) is 0. The fourth-order valence-corrected chi connectivity index (χ4v) is 8.93. The van der Waals surface area contributed by atoms with Crippen LogP contribution in [0.15, 0.2) is 158 Å². The quantitative estimate of drug-likeness (QED) is 0.182. The summed E-state index contributed by atoms with van der Waals surface area (Å²) in [5, 5.41) is 3.58. The van der Waals surface area contributed by atoms with Gasteiger partial charge in [-0.2, -0.15) is 0 Å². The van der Waals surface area contributed by atoms with E-state index in [-0.39, 0.29) is 0 Å². The molecule has 0 bridgehead atoms. The summed E-state index contributed by atoms with van der Waals surface area (Å²) in [4.78, 5) is 20.5. The molecule has 0 radical (unpaired) electrons. The van der Waals surface area contributed by atoms with E-state index in [2.05, 4.69) is 115 Å². The predicted octanol–water partition coefficient (Wildman–Crippen LogP) is 12.3. The van der Waals surface area contributed by atoms with Crippen LogP contribution in [0.2, 0.25) is 0 Å². The van der Waals surface area contributed by atoms with Gasteiger partial charge in [-0.15, -0.1) is 22.7 Å². The SMILES string of the molecule is c1ccc(-c2cc(-c3ccc4sc5cc(-c6nc(-c7ccccc7)c7sc8ccccc8c7n6)ccc5c4c3)nc(-c3ccccc3)n2)cc1. The highest BCUT2D eigenvalue weighted by atomic mass is 32.1. The molecule has 6 aromatic carbocycles. The van der Waals surface area contributed by atoms with Crippen molar-refractivity contribution in [2.45, 2.75) is 0 Å². The number of benzene rings is 6. The van der Waals surface area contributed by atoms with Crippen LogP contribution < -0.4 is 0 Å². The van der Waals surface area contributed by atoms with Crippen molar-refractivity contribution in [1.82, 2.24) is 19.9 Å². The Kier molecular flexibility index (Phi) is 6.82. The van der Waals surface area contributed by atoms with Crippen LogP contribution in [0.25, 0.3) is 97.0 Å². The van der Waals surface area contributed by atoms with E-state index in [0.29, 0.717) is 5.82 Å². The lowest BCUT2D eigenvalue weighted by molar-refractivity contribution is 1.18. The van der Waals surface area contributed by atoms with Gasteiger partial charge in [-0.1, -0.05) is 127 Å². The highest BCUT2D eigenvalue weighted by Crippen LogP contribution is 2.41. The number of hydrogen-bond donors (Lipinski definition) is 0. The monoisotopic (exact) mass is 674 g/mol. The van der Waals surface area contributed by atoms with E-state index in [1.54, 1.807) is 22.7 Å². The molecule has 4 aromatic heterocycles. The molecule has 6 heteroatoms. The van der Waals surface area contributed by atoms with Gasteiger partial charge in [-0.3, -0.25) is 0 Å². The summed E-state index contributed by atoms with van der Waals surface area (Å²) >= 11 is 3.56. The zero-order chi connectivity index (χ0) is 33.0. The fourth-order valence-electron chi connectivity index (χ4n) is 6.66. The molecule has 10 rings (SSSR count). The van der Waals surface area contributed by atoms with E-state index in [1.807, 2.05) is 42.5 Å². The second kappa shape index (κ2) is 11.8. The van der Waals surface area contributed by atoms with Gasteiger partial charge in [0.25, 0.3) is 0 Å². The molecular weight excluding hydrogens is 649 g/mol. The van der Waals surface area contributed by atoms with Crippen molar-refractivity contribution in [3.05, 3.63) is 158 Å². The van der Waals surface area contributed by atoms with Crippen LogP contribution >= 0.6 is 22.7 Å². The maximum atomic E-state index is 5.21. The smallest absolute Gasteiger partial charge is 0.160 e. The number of fused-ring (bicyclic) bond motifs is 6. The standard InChI is InChI=1S/C44H26N4S2/c1-4-12-27(13-5-1)35-26-36(46-43(45-35)29-16-8-3-9-17-29)30-21-23-38-34(24-30)32-22-20-31(25-39(32)49-38)44-47-40(28-14-6-2-7-15-28)42-41(48-44)33-18-10-11-19-37(33)50-42/h1-26H. The molecule has 0 saturated carbocycles. The minimum atomic E-state index is 0.715. The van der Waals surface area contributed by atoms with Crippen LogP contribution in [0.5, 0.6) is 0 Å². The van der Waals surface area contributed by atoms with Gasteiger partial charge in [0.2, 0.25) is 0 Å². The van der Waals surface area contributed by atoms with Crippen molar-refractivity contribution < 1.29 is 0 Å². The van der Waals surface area contributed by atoms with Crippen molar-refractivity contribution in [2.75, 3.05) is 0 Å². The number of aromatic nitrogens is 4. The highest BCUT2D eigenvalue weighted by Gasteiger charge is 2.18. The molecule has 4 heterocycles. The van der Waals surface area contributed by atoms with Crippen LogP contribution in [0.3, 0.4) is 0 Å². The Hall–Kier alpha value is -6.08. The van der Waals surface area contributed by atoms with Crippen molar-refractivity contribution in [2.24, 2.45) is 0 Å². The Morgan fingerprint density at radius 2 is 0.960 bits per heavy atom. The lowest BCUT2D eigenvalue weighted by Crippen LogP contribution is -1.95. The first kappa shape index (κ1) is 28.9. The van der Waals surface area contributed by atoms with Crippen LogP contribution in [-0.2, 0) is 0 Å². The third-order valence-electron chi connectivity index (χ3n) is 9.12. The highest BCUT2D eigenvalue weighted by molar-refractivity contribution is 7.26. The van der Waals surface area contributed by atoms with Crippen molar-refractivity contribution in [1.29, 1.82) is 0 Å². The number of thiophene rings is 2. The number of nitrogens with zero attached hydrogens (tertiary/aromatic N) is 4. The van der Waals surface area contributed by atoms with Crippen LogP contribution in [0.1, 0.15) is 0 Å². The van der Waals surface area contributed by atoms with Gasteiger partial charge in [0, 0.05) is 58.1 Å². The van der Waals surface area contributed by atoms with Crippen LogP contribution in [0.4, 0.5) is 0 Å². The molecule has 0 N–H and O–H groups in total. The molecule has 0 saturated heterocycles. The fraction of sp³-hybridized carbons (Fsp3) is 0. The summed E-state index contributed by atoms with van der Waals surface area (Å²) in [5.41, 5.74) is 9.00. The molecule has 0 aliphatic rings.